The highest BCUT2D eigenvalue weighted by atomic mass is 35.5. The molecule has 7 heteroatoms. The molecule has 3 rings (SSSR count). The maximum atomic E-state index is 6.26. The Morgan fingerprint density at radius 2 is 2.04 bits per heavy atom. The molecule has 0 bridgehead atoms. The number of hydrazone groups is 1. The van der Waals surface area contributed by atoms with Crippen LogP contribution in [0.4, 0.5) is 0 Å². The molecule has 0 N–H and O–H groups in total. The Morgan fingerprint density at radius 1 is 1.21 bits per heavy atom. The number of imidazole rings is 1. The summed E-state index contributed by atoms with van der Waals surface area (Å²) in [5.74, 6) is 0.804. The van der Waals surface area contributed by atoms with Crippen molar-refractivity contribution in [1.29, 1.82) is 0 Å². The fourth-order valence-electron chi connectivity index (χ4n) is 2.35. The van der Waals surface area contributed by atoms with Gasteiger partial charge in [-0.15, -0.1) is 0 Å². The molecule has 3 aromatic rings. The third-order valence-electron chi connectivity index (χ3n) is 3.42. The number of aromatic nitrogens is 3. The minimum absolute atomic E-state index is 0.637. The monoisotopic (exact) mass is 361 g/mol. The second-order valence-electron chi connectivity index (χ2n) is 5.55. The fourth-order valence-corrected chi connectivity index (χ4v) is 2.82. The van der Waals surface area contributed by atoms with E-state index in [1.807, 2.05) is 55.5 Å². The largest absolute Gasteiger partial charge is 0.349 e. The second kappa shape index (κ2) is 7.11. The molecule has 24 heavy (non-hydrogen) atoms. The van der Waals surface area contributed by atoms with Crippen molar-refractivity contribution < 1.29 is 0 Å². The third kappa shape index (κ3) is 3.80. The van der Waals surface area contributed by atoms with Gasteiger partial charge < -0.3 is 9.58 Å². The van der Waals surface area contributed by atoms with Gasteiger partial charge in [-0.25, -0.2) is 4.98 Å². The van der Waals surface area contributed by atoms with E-state index in [-0.39, 0.29) is 0 Å². The maximum absolute atomic E-state index is 6.26. The first-order valence-electron chi connectivity index (χ1n) is 7.37. The first-order valence-corrected chi connectivity index (χ1v) is 8.13. The van der Waals surface area contributed by atoms with Crippen molar-refractivity contribution in [2.45, 2.75) is 6.54 Å². The normalized spacial score (nSPS) is 11.8. The topological polar surface area (TPSA) is 38.4 Å². The quantitative estimate of drug-likeness (QED) is 0.402. The Hall–Kier alpha value is -2.24. The minimum Gasteiger partial charge on any atom is -0.349 e. The van der Waals surface area contributed by atoms with E-state index in [1.165, 1.54) is 0 Å². The van der Waals surface area contributed by atoms with Crippen LogP contribution in [0.5, 0.6) is 0 Å². The summed E-state index contributed by atoms with van der Waals surface area (Å²) in [7, 11) is 3.78. The molecular weight excluding hydrogens is 345 g/mol. The fraction of sp³-hybridized carbons (Fsp3) is 0.176. The number of hydrogen-bond donors (Lipinski definition) is 0. The molecular formula is C17H17Cl2N5. The average molecular weight is 362 g/mol. The smallest absolute Gasteiger partial charge is 0.166 e. The van der Waals surface area contributed by atoms with Gasteiger partial charge in [-0.2, -0.15) is 5.10 Å². The zero-order chi connectivity index (χ0) is 17.1. The first-order chi connectivity index (χ1) is 11.5. The van der Waals surface area contributed by atoms with Gasteiger partial charge in [-0.3, -0.25) is 4.57 Å². The standard InChI is InChI=1S/C17H17Cl2N5/c1-22(2)21-17(24-8-6-20-12-24)14-5-7-23(11-14)10-13-3-4-15(18)9-16(13)19/h3-9,11-12H,10H2,1-2H3. The van der Waals surface area contributed by atoms with Crippen LogP contribution in [-0.2, 0) is 6.54 Å². The lowest BCUT2D eigenvalue weighted by Crippen LogP contribution is -2.16. The summed E-state index contributed by atoms with van der Waals surface area (Å²) < 4.78 is 3.95. The van der Waals surface area contributed by atoms with Gasteiger partial charge in [0.05, 0.1) is 0 Å². The summed E-state index contributed by atoms with van der Waals surface area (Å²) in [4.78, 5) is 4.10. The molecule has 2 aromatic heterocycles. The molecule has 0 saturated heterocycles. The summed E-state index contributed by atoms with van der Waals surface area (Å²) in [5, 5.41) is 7.62. The zero-order valence-corrected chi connectivity index (χ0v) is 14.9. The van der Waals surface area contributed by atoms with E-state index < -0.39 is 0 Å². The number of halogens is 2. The molecule has 0 atom stereocenters. The predicted molar refractivity (Wildman–Crippen MR) is 97.8 cm³/mol. The van der Waals surface area contributed by atoms with Gasteiger partial charge in [0.1, 0.15) is 6.33 Å². The molecule has 0 aliphatic carbocycles. The molecule has 1 aromatic carbocycles. The van der Waals surface area contributed by atoms with Gasteiger partial charge in [0.15, 0.2) is 5.84 Å². The molecule has 0 radical (unpaired) electrons. The summed E-state index contributed by atoms with van der Waals surface area (Å²) in [6.07, 6.45) is 9.37. The number of nitrogens with zero attached hydrogens (tertiary/aromatic N) is 5. The Balaban J connectivity index is 1.88. The second-order valence-corrected chi connectivity index (χ2v) is 6.39. The van der Waals surface area contributed by atoms with Crippen LogP contribution in [0.1, 0.15) is 11.1 Å². The average Bonchev–Trinajstić information content (AvgIpc) is 3.19. The lowest BCUT2D eigenvalue weighted by Gasteiger charge is -2.10. The van der Waals surface area contributed by atoms with E-state index in [4.69, 9.17) is 23.2 Å². The van der Waals surface area contributed by atoms with E-state index in [0.29, 0.717) is 16.6 Å². The molecule has 0 aliphatic rings. The highest BCUT2D eigenvalue weighted by Crippen LogP contribution is 2.22. The number of rotatable bonds is 4. The van der Waals surface area contributed by atoms with Gasteiger partial charge in [0.25, 0.3) is 0 Å². The van der Waals surface area contributed by atoms with Crippen LogP contribution in [0.2, 0.25) is 10.0 Å². The van der Waals surface area contributed by atoms with E-state index in [2.05, 4.69) is 14.7 Å². The summed E-state index contributed by atoms with van der Waals surface area (Å²) in [6.45, 7) is 0.662. The molecule has 0 aliphatic heterocycles. The Kier molecular flexibility index (Phi) is 4.92. The minimum atomic E-state index is 0.637. The van der Waals surface area contributed by atoms with Crippen molar-refractivity contribution in [2.75, 3.05) is 14.1 Å². The van der Waals surface area contributed by atoms with Crippen LogP contribution < -0.4 is 0 Å². The zero-order valence-electron chi connectivity index (χ0n) is 13.4. The molecule has 124 valence electrons. The van der Waals surface area contributed by atoms with Crippen LogP contribution in [0.25, 0.3) is 0 Å². The van der Waals surface area contributed by atoms with Crippen LogP contribution in [0.15, 0.2) is 60.5 Å². The summed E-state index contributed by atoms with van der Waals surface area (Å²) >= 11 is 12.2. The summed E-state index contributed by atoms with van der Waals surface area (Å²) in [6, 6.07) is 7.56. The highest BCUT2D eigenvalue weighted by Gasteiger charge is 2.10. The molecule has 2 heterocycles. The van der Waals surface area contributed by atoms with E-state index in [0.717, 1.165) is 17.0 Å². The summed E-state index contributed by atoms with van der Waals surface area (Å²) in [5.41, 5.74) is 2.00. The van der Waals surface area contributed by atoms with Crippen LogP contribution in [0, 0.1) is 0 Å². The van der Waals surface area contributed by atoms with E-state index in [1.54, 1.807) is 23.6 Å². The third-order valence-corrected chi connectivity index (χ3v) is 4.01. The lowest BCUT2D eigenvalue weighted by molar-refractivity contribution is 0.435. The molecule has 0 saturated carbocycles. The van der Waals surface area contributed by atoms with E-state index >= 15 is 0 Å². The molecule has 0 spiro atoms. The van der Waals surface area contributed by atoms with Crippen LogP contribution in [0.3, 0.4) is 0 Å². The Bertz CT molecular complexity index is 850. The SMILES string of the molecule is CN(C)N=C(c1ccn(Cc2ccc(Cl)cc2Cl)c1)n1ccnc1. The molecule has 0 amide bonds. The van der Waals surface area contributed by atoms with Crippen molar-refractivity contribution in [3.05, 3.63) is 76.6 Å². The predicted octanol–water partition coefficient (Wildman–Crippen LogP) is 3.81. The number of benzene rings is 1. The van der Waals surface area contributed by atoms with Gasteiger partial charge >= 0.3 is 0 Å². The first kappa shape index (κ1) is 16.6. The van der Waals surface area contributed by atoms with Crippen LogP contribution in [-0.4, -0.2) is 39.1 Å². The van der Waals surface area contributed by atoms with Gasteiger partial charge in [0.2, 0.25) is 0 Å². The van der Waals surface area contributed by atoms with Crippen molar-refractivity contribution in [3.63, 3.8) is 0 Å². The van der Waals surface area contributed by atoms with Gasteiger partial charge in [-0.1, -0.05) is 29.3 Å². The molecule has 0 unspecified atom stereocenters. The Labute approximate surface area is 150 Å². The van der Waals surface area contributed by atoms with Crippen molar-refractivity contribution >= 4 is 29.0 Å². The van der Waals surface area contributed by atoms with Crippen LogP contribution >= 0.6 is 23.2 Å². The van der Waals surface area contributed by atoms with Crippen molar-refractivity contribution in [1.82, 2.24) is 19.1 Å². The number of hydrogen-bond acceptors (Lipinski definition) is 3. The Morgan fingerprint density at radius 3 is 2.71 bits per heavy atom. The lowest BCUT2D eigenvalue weighted by atomic mass is 10.2. The molecule has 5 nitrogen and oxygen atoms in total. The van der Waals surface area contributed by atoms with Crippen molar-refractivity contribution in [3.8, 4) is 0 Å². The maximum Gasteiger partial charge on any atom is 0.166 e. The van der Waals surface area contributed by atoms with Gasteiger partial charge in [-0.05, 0) is 23.8 Å². The highest BCUT2D eigenvalue weighted by molar-refractivity contribution is 6.35. The molecule has 0 fully saturated rings. The van der Waals surface area contributed by atoms with Gasteiger partial charge in [0, 0.05) is 61.0 Å². The van der Waals surface area contributed by atoms with E-state index in [9.17, 15) is 0 Å². The van der Waals surface area contributed by atoms with Crippen molar-refractivity contribution in [2.24, 2.45) is 5.10 Å².